The van der Waals surface area contributed by atoms with E-state index in [1.54, 1.807) is 37.4 Å². The first-order chi connectivity index (χ1) is 14.0. The highest BCUT2D eigenvalue weighted by molar-refractivity contribution is 9.10. The van der Waals surface area contributed by atoms with Crippen LogP contribution in [0.1, 0.15) is 0 Å². The van der Waals surface area contributed by atoms with E-state index in [1.807, 2.05) is 24.3 Å². The van der Waals surface area contributed by atoms with Crippen LogP contribution in [-0.2, 0) is 11.3 Å². The Kier molecular flexibility index (Phi) is 5.13. The Labute approximate surface area is 173 Å². The Balaban J connectivity index is 1.57. The zero-order valence-electron chi connectivity index (χ0n) is 15.4. The summed E-state index contributed by atoms with van der Waals surface area (Å²) in [5.74, 6) is 0.254. The number of halogens is 1. The first kappa shape index (κ1) is 18.9. The van der Waals surface area contributed by atoms with Crippen molar-refractivity contribution in [2.45, 2.75) is 6.54 Å². The predicted octanol–water partition coefficient (Wildman–Crippen LogP) is 2.97. The van der Waals surface area contributed by atoms with Gasteiger partial charge in [-0.15, -0.1) is 0 Å². The molecule has 0 aliphatic rings. The number of rotatable bonds is 5. The highest BCUT2D eigenvalue weighted by atomic mass is 79.9. The van der Waals surface area contributed by atoms with Crippen molar-refractivity contribution in [3.63, 3.8) is 0 Å². The number of anilines is 1. The number of nitrogens with one attached hydrogen (secondary N) is 1. The van der Waals surface area contributed by atoms with Gasteiger partial charge in [0.05, 0.1) is 12.8 Å². The molecular weight excluding hydrogens is 438 g/mol. The molecule has 0 unspecified atom stereocenters. The lowest BCUT2D eigenvalue weighted by atomic mass is 10.1. The van der Waals surface area contributed by atoms with Crippen molar-refractivity contribution in [1.29, 1.82) is 0 Å². The van der Waals surface area contributed by atoms with E-state index in [0.717, 1.165) is 14.7 Å². The molecule has 4 rings (SSSR count). The molecule has 0 saturated heterocycles. The molecule has 4 aromatic rings. The van der Waals surface area contributed by atoms with Crippen LogP contribution < -0.4 is 15.6 Å². The summed E-state index contributed by atoms with van der Waals surface area (Å²) in [7, 11) is 1.55. The summed E-state index contributed by atoms with van der Waals surface area (Å²) in [6, 6.07) is 16.3. The lowest BCUT2D eigenvalue weighted by Crippen LogP contribution is -2.30. The van der Waals surface area contributed by atoms with E-state index < -0.39 is 5.56 Å². The van der Waals surface area contributed by atoms with Gasteiger partial charge in [-0.2, -0.15) is 10.2 Å². The average molecular weight is 454 g/mol. The quantitative estimate of drug-likeness (QED) is 0.501. The van der Waals surface area contributed by atoms with E-state index in [2.05, 4.69) is 31.4 Å². The Morgan fingerprint density at radius 2 is 1.97 bits per heavy atom. The van der Waals surface area contributed by atoms with Crippen molar-refractivity contribution in [1.82, 2.24) is 19.4 Å². The van der Waals surface area contributed by atoms with Crippen LogP contribution in [0.5, 0.6) is 5.75 Å². The number of hydrogen-bond donors (Lipinski definition) is 1. The SMILES string of the molecule is COc1cccc(NC(=O)Cn2ncn3nc(-c4ccc(Br)cc4)cc3c2=O)c1. The Hall–Kier alpha value is -3.46. The third-order valence-corrected chi connectivity index (χ3v) is 4.81. The zero-order chi connectivity index (χ0) is 20.4. The molecular formula is C20H16BrN5O3. The van der Waals surface area contributed by atoms with Crippen LogP contribution in [0.3, 0.4) is 0 Å². The number of amides is 1. The molecule has 2 heterocycles. The van der Waals surface area contributed by atoms with Crippen molar-refractivity contribution < 1.29 is 9.53 Å². The van der Waals surface area contributed by atoms with Gasteiger partial charge in [0, 0.05) is 21.8 Å². The fraction of sp³-hybridized carbons (Fsp3) is 0.100. The van der Waals surface area contributed by atoms with Gasteiger partial charge in [-0.3, -0.25) is 9.59 Å². The molecule has 0 aliphatic carbocycles. The fourth-order valence-corrected chi connectivity index (χ4v) is 3.11. The van der Waals surface area contributed by atoms with E-state index in [1.165, 1.54) is 10.8 Å². The van der Waals surface area contributed by atoms with Gasteiger partial charge in [0.25, 0.3) is 5.56 Å². The number of benzene rings is 2. The first-order valence-corrected chi connectivity index (χ1v) is 9.48. The van der Waals surface area contributed by atoms with E-state index in [0.29, 0.717) is 22.6 Å². The van der Waals surface area contributed by atoms with Crippen LogP contribution in [0, 0.1) is 0 Å². The number of carbonyl (C=O) groups is 1. The van der Waals surface area contributed by atoms with Crippen LogP contribution in [0.4, 0.5) is 5.69 Å². The molecule has 0 bridgehead atoms. The van der Waals surface area contributed by atoms with Crippen molar-refractivity contribution in [2.24, 2.45) is 0 Å². The van der Waals surface area contributed by atoms with E-state index in [4.69, 9.17) is 4.74 Å². The molecule has 1 N–H and O–H groups in total. The standard InChI is InChI=1S/C20H16BrN5O3/c1-29-16-4-2-3-15(9-16)23-19(27)11-25-20(28)18-10-17(24-26(18)12-22-25)13-5-7-14(21)8-6-13/h2-10,12H,11H2,1H3,(H,23,27). The van der Waals surface area contributed by atoms with E-state index in [9.17, 15) is 9.59 Å². The minimum absolute atomic E-state index is 0.217. The highest BCUT2D eigenvalue weighted by Gasteiger charge is 2.12. The minimum atomic E-state index is -0.399. The summed E-state index contributed by atoms with van der Waals surface area (Å²) in [6.07, 6.45) is 1.41. The number of nitrogens with zero attached hydrogens (tertiary/aromatic N) is 4. The normalized spacial score (nSPS) is 10.8. The van der Waals surface area contributed by atoms with Crippen LogP contribution in [0.25, 0.3) is 16.8 Å². The smallest absolute Gasteiger partial charge is 0.293 e. The summed E-state index contributed by atoms with van der Waals surface area (Å²) < 4.78 is 8.61. The number of methoxy groups -OCH3 is 1. The number of ether oxygens (including phenoxy) is 1. The molecule has 0 atom stereocenters. The zero-order valence-corrected chi connectivity index (χ0v) is 17.0. The van der Waals surface area contributed by atoms with Gasteiger partial charge in [0.1, 0.15) is 24.1 Å². The third kappa shape index (κ3) is 4.04. The number of hydrogen-bond acceptors (Lipinski definition) is 5. The molecule has 2 aromatic carbocycles. The number of fused-ring (bicyclic) bond motifs is 1. The molecule has 29 heavy (non-hydrogen) atoms. The first-order valence-electron chi connectivity index (χ1n) is 8.69. The summed E-state index contributed by atoms with van der Waals surface area (Å²) in [5.41, 5.74) is 2.04. The Morgan fingerprint density at radius 3 is 2.72 bits per heavy atom. The van der Waals surface area contributed by atoms with Crippen molar-refractivity contribution in [3.8, 4) is 17.0 Å². The van der Waals surface area contributed by atoms with Gasteiger partial charge in [-0.05, 0) is 30.3 Å². The van der Waals surface area contributed by atoms with Crippen LogP contribution in [0.2, 0.25) is 0 Å². The second kappa shape index (κ2) is 7.88. The fourth-order valence-electron chi connectivity index (χ4n) is 2.85. The molecule has 0 aliphatic heterocycles. The topological polar surface area (TPSA) is 90.5 Å². The second-order valence-electron chi connectivity index (χ2n) is 6.24. The van der Waals surface area contributed by atoms with Crippen LogP contribution >= 0.6 is 15.9 Å². The Bertz CT molecular complexity index is 1250. The predicted molar refractivity (Wildman–Crippen MR) is 112 cm³/mol. The molecule has 8 nitrogen and oxygen atoms in total. The maximum absolute atomic E-state index is 12.7. The van der Waals surface area contributed by atoms with E-state index >= 15 is 0 Å². The molecule has 0 radical (unpaired) electrons. The maximum Gasteiger partial charge on any atom is 0.293 e. The van der Waals surface area contributed by atoms with Gasteiger partial charge >= 0.3 is 0 Å². The summed E-state index contributed by atoms with van der Waals surface area (Å²) >= 11 is 3.39. The van der Waals surface area contributed by atoms with Gasteiger partial charge in [-0.1, -0.05) is 34.1 Å². The summed E-state index contributed by atoms with van der Waals surface area (Å²) in [6.45, 7) is -0.217. The van der Waals surface area contributed by atoms with Gasteiger partial charge in [-0.25, -0.2) is 9.20 Å². The van der Waals surface area contributed by atoms with E-state index in [-0.39, 0.29) is 12.5 Å². The number of carbonyl (C=O) groups excluding carboxylic acids is 1. The molecule has 2 aromatic heterocycles. The van der Waals surface area contributed by atoms with Gasteiger partial charge in [0.2, 0.25) is 5.91 Å². The van der Waals surface area contributed by atoms with Crippen molar-refractivity contribution in [2.75, 3.05) is 12.4 Å². The monoisotopic (exact) mass is 453 g/mol. The summed E-state index contributed by atoms with van der Waals surface area (Å²) in [5, 5.41) is 11.2. The molecule has 9 heteroatoms. The van der Waals surface area contributed by atoms with Crippen molar-refractivity contribution >= 4 is 33.0 Å². The molecule has 0 spiro atoms. The highest BCUT2D eigenvalue weighted by Crippen LogP contribution is 2.21. The third-order valence-electron chi connectivity index (χ3n) is 4.28. The molecule has 0 saturated carbocycles. The average Bonchev–Trinajstić information content (AvgIpc) is 3.16. The van der Waals surface area contributed by atoms with Crippen molar-refractivity contribution in [3.05, 3.63) is 75.8 Å². The molecule has 1 amide bonds. The minimum Gasteiger partial charge on any atom is -0.497 e. The molecule has 0 fully saturated rings. The Morgan fingerprint density at radius 1 is 1.17 bits per heavy atom. The second-order valence-corrected chi connectivity index (χ2v) is 7.16. The van der Waals surface area contributed by atoms with Gasteiger partial charge < -0.3 is 10.1 Å². The lowest BCUT2D eigenvalue weighted by Gasteiger charge is -2.08. The molecule has 146 valence electrons. The lowest BCUT2D eigenvalue weighted by molar-refractivity contribution is -0.117. The van der Waals surface area contributed by atoms with Gasteiger partial charge in [0.15, 0.2) is 0 Å². The van der Waals surface area contributed by atoms with Crippen LogP contribution in [0.15, 0.2) is 70.2 Å². The number of aromatic nitrogens is 4. The van der Waals surface area contributed by atoms with Crippen LogP contribution in [-0.4, -0.2) is 32.4 Å². The maximum atomic E-state index is 12.7. The largest absolute Gasteiger partial charge is 0.497 e. The summed E-state index contributed by atoms with van der Waals surface area (Å²) in [4.78, 5) is 25.1.